The maximum Gasteiger partial charge on any atom is 0.419 e. The molecule has 2 amide bonds. The van der Waals surface area contributed by atoms with Gasteiger partial charge in [-0.3, -0.25) is 28.8 Å². The summed E-state index contributed by atoms with van der Waals surface area (Å²) >= 11 is 0. The van der Waals surface area contributed by atoms with Gasteiger partial charge in [0.15, 0.2) is 0 Å². The molecule has 1 heterocycles. The second-order valence-electron chi connectivity index (χ2n) is 24.4. The summed E-state index contributed by atoms with van der Waals surface area (Å²) in [7, 11) is 7.09. The largest absolute Gasteiger partial charge is 0.443 e. The third-order valence-electron chi connectivity index (χ3n) is 16.5. The molecule has 16 nitrogen and oxygen atoms in total. The minimum Gasteiger partial charge on any atom is -0.443 e. The number of amides is 2. The van der Waals surface area contributed by atoms with Gasteiger partial charge in [-0.15, -0.1) is 0 Å². The SMILES string of the molecule is CN[C@@H](CC1CCCCC1)C(C)=O.CN[C@@H](CCC(=O)NC(c1ccccc1)(c1ccccc1)c1ccccc1)C(C)=O.CN[C@@H](Cc1cn(C(=O)OC(C)(C)C)cn1)C(C)=O.CN[C@H](CCC(=O)NC(c1ccccc1)(c1ccccc1)c1ccccc1)C(C)=O. The van der Waals surface area contributed by atoms with Crippen LogP contribution < -0.4 is 31.9 Å². The molecule has 7 aromatic rings. The fourth-order valence-corrected chi connectivity index (χ4v) is 11.5. The molecule has 16 heteroatoms. The van der Waals surface area contributed by atoms with Gasteiger partial charge < -0.3 is 36.6 Å². The summed E-state index contributed by atoms with van der Waals surface area (Å²) in [5.41, 5.74) is 4.34. The number of likely N-dealkylation sites (N-methyl/N-ethyl adjacent to an activating group) is 4. The zero-order chi connectivity index (χ0) is 67.1. The number of hydrogen-bond donors (Lipinski definition) is 6. The zero-order valence-electron chi connectivity index (χ0n) is 55.8. The van der Waals surface area contributed by atoms with Gasteiger partial charge in [0, 0.05) is 25.5 Å². The molecule has 4 atom stereocenters. The monoisotopic (exact) mass is 1250 g/mol. The summed E-state index contributed by atoms with van der Waals surface area (Å²) in [6.45, 7) is 11.7. The number of nitrogens with one attached hydrogen (secondary N) is 6. The molecule has 0 radical (unpaired) electrons. The molecule has 1 aromatic heterocycles. The average molecular weight is 1250 g/mol. The molecule has 490 valence electrons. The van der Waals surface area contributed by atoms with Crippen LogP contribution in [0.1, 0.15) is 152 Å². The van der Waals surface area contributed by atoms with Crippen molar-refractivity contribution in [2.75, 3.05) is 28.2 Å². The van der Waals surface area contributed by atoms with Gasteiger partial charge in [0.1, 0.15) is 46.1 Å². The summed E-state index contributed by atoms with van der Waals surface area (Å²) < 4.78 is 6.50. The molecule has 0 bridgehead atoms. The van der Waals surface area contributed by atoms with Gasteiger partial charge in [-0.05, 0) is 135 Å². The van der Waals surface area contributed by atoms with Crippen LogP contribution in [0.5, 0.6) is 0 Å². The molecule has 1 aliphatic rings. The van der Waals surface area contributed by atoms with E-state index in [1.54, 1.807) is 68.9 Å². The second-order valence-corrected chi connectivity index (χ2v) is 24.4. The van der Waals surface area contributed by atoms with E-state index in [9.17, 15) is 33.6 Å². The van der Waals surface area contributed by atoms with Crippen molar-refractivity contribution in [2.45, 2.75) is 160 Å². The highest BCUT2D eigenvalue weighted by Crippen LogP contribution is 2.39. The van der Waals surface area contributed by atoms with Crippen LogP contribution in [0.15, 0.2) is 195 Å². The van der Waals surface area contributed by atoms with E-state index in [4.69, 9.17) is 4.74 Å². The van der Waals surface area contributed by atoms with Crippen molar-refractivity contribution in [1.29, 1.82) is 0 Å². The topological polar surface area (TPSA) is 219 Å². The van der Waals surface area contributed by atoms with Gasteiger partial charge in [-0.25, -0.2) is 14.3 Å². The number of rotatable bonds is 26. The number of ketones is 4. The Morgan fingerprint density at radius 2 is 0.761 bits per heavy atom. The molecule has 1 fully saturated rings. The number of aromatic nitrogens is 2. The first-order chi connectivity index (χ1) is 44.1. The Hall–Kier alpha value is -8.54. The van der Waals surface area contributed by atoms with Crippen molar-refractivity contribution in [3.8, 4) is 0 Å². The Bertz CT molecular complexity index is 3000. The minimum absolute atomic E-state index is 0.0331. The van der Waals surface area contributed by atoms with Gasteiger partial charge in [0.2, 0.25) is 11.8 Å². The van der Waals surface area contributed by atoms with Crippen LogP contribution in [0, 0.1) is 5.92 Å². The lowest BCUT2D eigenvalue weighted by Gasteiger charge is -2.37. The molecule has 8 rings (SSSR count). The molecule has 0 unspecified atom stereocenters. The molecule has 92 heavy (non-hydrogen) atoms. The lowest BCUT2D eigenvalue weighted by Crippen LogP contribution is -2.48. The third-order valence-corrected chi connectivity index (χ3v) is 16.5. The van der Waals surface area contributed by atoms with E-state index in [2.05, 4.69) is 36.9 Å². The van der Waals surface area contributed by atoms with E-state index in [1.165, 1.54) is 49.9 Å². The van der Waals surface area contributed by atoms with E-state index in [1.807, 2.05) is 189 Å². The number of Topliss-reactive ketones (excluding diaryl/α,β-unsaturated/α-hetero) is 4. The molecular formula is C76H98N8O8. The summed E-state index contributed by atoms with van der Waals surface area (Å²) in [6, 6.07) is 59.2. The Kier molecular flexibility index (Phi) is 30.4. The van der Waals surface area contributed by atoms with E-state index in [0.29, 0.717) is 25.0 Å². The lowest BCUT2D eigenvalue weighted by molar-refractivity contribution is -0.124. The number of ether oxygens (including phenoxy) is 1. The molecule has 1 saturated carbocycles. The second kappa shape index (κ2) is 37.7. The third kappa shape index (κ3) is 22.4. The van der Waals surface area contributed by atoms with Crippen molar-refractivity contribution in [1.82, 2.24) is 41.5 Å². The van der Waals surface area contributed by atoms with Crippen LogP contribution in [0.3, 0.4) is 0 Å². The first kappa shape index (κ1) is 74.2. The smallest absolute Gasteiger partial charge is 0.419 e. The van der Waals surface area contributed by atoms with E-state index in [0.717, 1.165) is 45.7 Å². The van der Waals surface area contributed by atoms with Gasteiger partial charge >= 0.3 is 6.09 Å². The standard InChI is InChI=1S/2C26H28N2O2.C13H21N3O3.C11H21NO/c2*1-20(29)24(27-2)18-19-25(30)28-26(21-12-6-3-7-13-21,22-14-8-4-9-15-22)23-16-10-5-11-17-23;1-9(17)11(14-5)6-10-7-16(8-15-10)12(18)19-13(2,3)4;1-9(13)11(12-2)8-10-6-4-3-5-7-10/h2*3-17,24,27H,18-19H2,1-2H3,(H,28,30);7-8,11,14H,6H2,1-5H3;10-12H,3-8H2,1-2H3/t2*24-;2*11-/m1000/s1. The van der Waals surface area contributed by atoms with E-state index >= 15 is 0 Å². The first-order valence-corrected chi connectivity index (χ1v) is 32.0. The van der Waals surface area contributed by atoms with Crippen LogP contribution in [0.4, 0.5) is 4.79 Å². The fraction of sp³-hybridized carbons (Fsp3) is 0.395. The molecule has 0 saturated heterocycles. The Labute approximate surface area is 545 Å². The van der Waals surface area contributed by atoms with Crippen molar-refractivity contribution in [3.63, 3.8) is 0 Å². The highest BCUT2D eigenvalue weighted by atomic mass is 16.6. The van der Waals surface area contributed by atoms with E-state index in [-0.39, 0.29) is 72.0 Å². The predicted molar refractivity (Wildman–Crippen MR) is 366 cm³/mol. The van der Waals surface area contributed by atoms with Crippen molar-refractivity contribution >= 4 is 41.0 Å². The highest BCUT2D eigenvalue weighted by Gasteiger charge is 2.39. The normalized spacial score (nSPS) is 13.7. The predicted octanol–water partition coefficient (Wildman–Crippen LogP) is 11.6. The Balaban J connectivity index is 0.000000233. The lowest BCUT2D eigenvalue weighted by atomic mass is 9.77. The van der Waals surface area contributed by atoms with Crippen molar-refractivity contribution in [2.24, 2.45) is 5.92 Å². The number of benzene rings is 6. The number of carbonyl (C=O) groups is 7. The molecule has 0 spiro atoms. The summed E-state index contributed by atoms with van der Waals surface area (Å²) in [4.78, 5) is 88.2. The van der Waals surface area contributed by atoms with Crippen molar-refractivity contribution in [3.05, 3.63) is 234 Å². The molecule has 6 N–H and O–H groups in total. The number of hydrogen-bond acceptors (Lipinski definition) is 13. The fourth-order valence-electron chi connectivity index (χ4n) is 11.5. The van der Waals surface area contributed by atoms with Crippen LogP contribution in [0.2, 0.25) is 0 Å². The minimum atomic E-state index is -0.827. The summed E-state index contributed by atoms with van der Waals surface area (Å²) in [5.74, 6) is 0.968. The molecule has 6 aromatic carbocycles. The first-order valence-electron chi connectivity index (χ1n) is 32.0. The van der Waals surface area contributed by atoms with Crippen molar-refractivity contribution < 1.29 is 38.3 Å². The van der Waals surface area contributed by atoms with Crippen LogP contribution in [-0.2, 0) is 51.0 Å². The maximum atomic E-state index is 13.2. The van der Waals surface area contributed by atoms with Gasteiger partial charge in [0.05, 0.1) is 29.9 Å². The van der Waals surface area contributed by atoms with Gasteiger partial charge in [0.25, 0.3) is 0 Å². The summed E-state index contributed by atoms with van der Waals surface area (Å²) in [6.07, 6.45) is 12.2. The maximum absolute atomic E-state index is 13.2. The number of imidazole rings is 1. The average Bonchev–Trinajstić information content (AvgIpc) is 0.846. The summed E-state index contributed by atoms with van der Waals surface area (Å²) in [5, 5.41) is 18.6. The number of carbonyl (C=O) groups excluding carboxylic acids is 7. The zero-order valence-corrected chi connectivity index (χ0v) is 55.8. The quantitative estimate of drug-likeness (QED) is 0.0278. The van der Waals surface area contributed by atoms with Gasteiger partial charge in [-0.2, -0.15) is 0 Å². The molecular weight excluding hydrogens is 1150 g/mol. The Morgan fingerprint density at radius 1 is 0.457 bits per heavy atom. The van der Waals surface area contributed by atoms with Crippen LogP contribution >= 0.6 is 0 Å². The molecule has 0 aliphatic heterocycles. The highest BCUT2D eigenvalue weighted by molar-refractivity contribution is 5.85. The number of nitrogens with zero attached hydrogens (tertiary/aromatic N) is 2. The van der Waals surface area contributed by atoms with E-state index < -0.39 is 22.8 Å². The van der Waals surface area contributed by atoms with Crippen LogP contribution in [-0.4, -0.2) is 109 Å². The van der Waals surface area contributed by atoms with Crippen LogP contribution in [0.25, 0.3) is 0 Å². The van der Waals surface area contributed by atoms with Gasteiger partial charge in [-0.1, -0.05) is 214 Å². The Morgan fingerprint density at radius 3 is 1.03 bits per heavy atom. The molecule has 1 aliphatic carbocycles.